The van der Waals surface area contributed by atoms with E-state index in [9.17, 15) is 14.7 Å². The second-order valence-electron chi connectivity index (χ2n) is 8.54. The maximum Gasteiger partial charge on any atom is 0.307 e. The molecular weight excluding hydrogens is 376 g/mol. The quantitative estimate of drug-likeness (QED) is 0.109. The van der Waals surface area contributed by atoms with E-state index in [1.165, 1.54) is 77.0 Å². The van der Waals surface area contributed by atoms with Gasteiger partial charge in [-0.2, -0.15) is 0 Å². The molecule has 1 N–H and O–H groups in total. The van der Waals surface area contributed by atoms with E-state index >= 15 is 0 Å². The highest BCUT2D eigenvalue weighted by molar-refractivity contribution is 5.78. The Morgan fingerprint density at radius 3 is 1.73 bits per heavy atom. The van der Waals surface area contributed by atoms with Crippen LogP contribution in [-0.2, 0) is 14.3 Å². The molecule has 0 bridgehead atoms. The molecule has 0 aromatic heterocycles. The largest absolute Gasteiger partial charge is 0.481 e. The summed E-state index contributed by atoms with van der Waals surface area (Å²) in [6, 6.07) is 0. The van der Waals surface area contributed by atoms with Crippen LogP contribution in [0.25, 0.3) is 0 Å². The lowest BCUT2D eigenvalue weighted by Gasteiger charge is -2.11. The predicted molar refractivity (Wildman–Crippen MR) is 126 cm³/mol. The van der Waals surface area contributed by atoms with E-state index in [0.29, 0.717) is 13.0 Å². The Morgan fingerprint density at radius 1 is 0.733 bits per heavy atom. The van der Waals surface area contributed by atoms with Crippen molar-refractivity contribution in [3.63, 3.8) is 0 Å². The number of esters is 1. The second-order valence-corrected chi connectivity index (χ2v) is 8.54. The van der Waals surface area contributed by atoms with Crippen LogP contribution in [0.2, 0.25) is 0 Å². The van der Waals surface area contributed by atoms with Crippen molar-refractivity contribution in [1.29, 1.82) is 0 Å². The smallest absolute Gasteiger partial charge is 0.307 e. The topological polar surface area (TPSA) is 63.6 Å². The maximum absolute atomic E-state index is 11.6. The molecule has 0 saturated heterocycles. The lowest BCUT2D eigenvalue weighted by atomic mass is 9.97. The van der Waals surface area contributed by atoms with Crippen molar-refractivity contribution in [3.8, 4) is 0 Å². The number of aliphatic carboxylic acids is 1. The van der Waals surface area contributed by atoms with Gasteiger partial charge in [0.1, 0.15) is 0 Å². The van der Waals surface area contributed by atoms with Gasteiger partial charge < -0.3 is 9.84 Å². The van der Waals surface area contributed by atoms with Gasteiger partial charge in [0, 0.05) is 0 Å². The van der Waals surface area contributed by atoms with Crippen LogP contribution in [0.3, 0.4) is 0 Å². The minimum Gasteiger partial charge on any atom is -0.481 e. The van der Waals surface area contributed by atoms with Crippen LogP contribution in [0.4, 0.5) is 0 Å². The molecule has 0 radical (unpaired) electrons. The van der Waals surface area contributed by atoms with Gasteiger partial charge in [-0.1, -0.05) is 96.6 Å². The summed E-state index contributed by atoms with van der Waals surface area (Å²) in [5.74, 6) is -1.86. The first kappa shape index (κ1) is 28.7. The van der Waals surface area contributed by atoms with E-state index in [0.717, 1.165) is 25.7 Å². The number of allylic oxidation sites excluding steroid dienone is 2. The predicted octanol–water partition coefficient (Wildman–Crippen LogP) is 7.85. The Hall–Kier alpha value is -1.32. The number of carboxylic acid groups (broad SMARTS) is 1. The highest BCUT2D eigenvalue weighted by atomic mass is 16.5. The Balaban J connectivity index is 3.46. The van der Waals surface area contributed by atoms with Gasteiger partial charge in [-0.25, -0.2) is 0 Å². The summed E-state index contributed by atoms with van der Waals surface area (Å²) >= 11 is 0. The molecule has 0 aliphatic rings. The van der Waals surface area contributed by atoms with E-state index in [1.807, 2.05) is 6.92 Å². The molecule has 0 rings (SSSR count). The fraction of sp³-hybridized carbons (Fsp3) is 0.846. The molecule has 1 unspecified atom stereocenters. The third-order valence-electron chi connectivity index (χ3n) is 5.54. The highest BCUT2D eigenvalue weighted by Crippen LogP contribution is 2.17. The third kappa shape index (κ3) is 20.0. The summed E-state index contributed by atoms with van der Waals surface area (Å²) < 4.78 is 5.00. The van der Waals surface area contributed by atoms with Crippen LogP contribution in [0.1, 0.15) is 129 Å². The third-order valence-corrected chi connectivity index (χ3v) is 5.54. The fourth-order valence-corrected chi connectivity index (χ4v) is 3.60. The van der Waals surface area contributed by atoms with Gasteiger partial charge in [0.05, 0.1) is 18.9 Å². The number of carbonyl (C=O) groups excluding carboxylic acids is 1. The average Bonchev–Trinajstić information content (AvgIpc) is 2.73. The van der Waals surface area contributed by atoms with E-state index in [2.05, 4.69) is 19.1 Å². The first-order chi connectivity index (χ1) is 14.6. The van der Waals surface area contributed by atoms with Gasteiger partial charge in [0.2, 0.25) is 0 Å². The molecule has 0 aromatic carbocycles. The van der Waals surface area contributed by atoms with Crippen LogP contribution < -0.4 is 0 Å². The van der Waals surface area contributed by atoms with Crippen molar-refractivity contribution in [2.45, 2.75) is 129 Å². The Labute approximate surface area is 185 Å². The number of rotatable bonds is 22. The lowest BCUT2D eigenvalue weighted by Crippen LogP contribution is -2.19. The number of unbranched alkanes of at least 4 members (excludes halogenated alkanes) is 13. The minimum atomic E-state index is -0.880. The normalized spacial score (nSPS) is 12.3. The molecule has 4 heteroatoms. The molecule has 0 fully saturated rings. The van der Waals surface area contributed by atoms with E-state index in [-0.39, 0.29) is 12.4 Å². The van der Waals surface area contributed by atoms with E-state index in [4.69, 9.17) is 4.74 Å². The van der Waals surface area contributed by atoms with Crippen LogP contribution in [0, 0.1) is 5.92 Å². The molecule has 0 heterocycles. The Bertz CT molecular complexity index is 431. The Kier molecular flexibility index (Phi) is 21.4. The molecule has 4 nitrogen and oxygen atoms in total. The Morgan fingerprint density at radius 2 is 1.23 bits per heavy atom. The number of carboxylic acids is 1. The molecule has 176 valence electrons. The zero-order valence-electron chi connectivity index (χ0n) is 19.8. The molecule has 0 spiro atoms. The van der Waals surface area contributed by atoms with Crippen LogP contribution in [0.5, 0.6) is 0 Å². The van der Waals surface area contributed by atoms with Crippen molar-refractivity contribution in [2.75, 3.05) is 6.61 Å². The van der Waals surface area contributed by atoms with Crippen LogP contribution in [0.15, 0.2) is 12.2 Å². The second kappa shape index (κ2) is 22.4. The molecule has 30 heavy (non-hydrogen) atoms. The first-order valence-corrected chi connectivity index (χ1v) is 12.6. The van der Waals surface area contributed by atoms with Crippen molar-refractivity contribution >= 4 is 11.9 Å². The van der Waals surface area contributed by atoms with Gasteiger partial charge in [-0.05, 0) is 38.5 Å². The number of carbonyl (C=O) groups is 2. The summed E-state index contributed by atoms with van der Waals surface area (Å²) in [7, 11) is 0. The molecule has 1 atom stereocenters. The zero-order valence-corrected chi connectivity index (χ0v) is 19.8. The van der Waals surface area contributed by atoms with Crippen LogP contribution >= 0.6 is 0 Å². The van der Waals surface area contributed by atoms with Crippen molar-refractivity contribution in [3.05, 3.63) is 12.2 Å². The highest BCUT2D eigenvalue weighted by Gasteiger charge is 2.21. The number of hydrogen-bond acceptors (Lipinski definition) is 3. The van der Waals surface area contributed by atoms with Crippen molar-refractivity contribution in [1.82, 2.24) is 0 Å². The van der Waals surface area contributed by atoms with Gasteiger partial charge in [0.25, 0.3) is 0 Å². The molecule has 0 saturated carbocycles. The standard InChI is InChI=1S/C26H48O4/c1-3-5-6-7-8-9-10-11-12-13-14-15-16-17-18-19-20-21-24(26(28)29)23-25(27)30-22-4-2/h9-10,24H,3-8,11-23H2,1-2H3,(H,28,29)/b10-9+. The molecule has 0 aromatic rings. The summed E-state index contributed by atoms with van der Waals surface area (Å²) in [5.41, 5.74) is 0. The van der Waals surface area contributed by atoms with E-state index in [1.54, 1.807) is 0 Å². The molecule has 0 aliphatic carbocycles. The fourth-order valence-electron chi connectivity index (χ4n) is 3.60. The summed E-state index contributed by atoms with van der Waals surface area (Å²) in [4.78, 5) is 22.9. The summed E-state index contributed by atoms with van der Waals surface area (Å²) in [6.45, 7) is 4.56. The zero-order chi connectivity index (χ0) is 22.3. The van der Waals surface area contributed by atoms with Gasteiger partial charge in [-0.3, -0.25) is 9.59 Å². The molecular formula is C26H48O4. The molecule has 0 aliphatic heterocycles. The minimum absolute atomic E-state index is 0.00335. The van der Waals surface area contributed by atoms with Crippen LogP contribution in [-0.4, -0.2) is 23.7 Å². The summed E-state index contributed by atoms with van der Waals surface area (Å²) in [5, 5.41) is 9.27. The van der Waals surface area contributed by atoms with Gasteiger partial charge in [-0.15, -0.1) is 0 Å². The lowest BCUT2D eigenvalue weighted by molar-refractivity contribution is -0.151. The SMILES string of the molecule is CCCCCC/C=C/CCCCCCCCCCCC(CC(=O)OCCC)C(=O)O. The van der Waals surface area contributed by atoms with Gasteiger partial charge >= 0.3 is 11.9 Å². The molecule has 0 amide bonds. The number of hydrogen-bond donors (Lipinski definition) is 1. The van der Waals surface area contributed by atoms with Gasteiger partial charge in [0.15, 0.2) is 0 Å². The summed E-state index contributed by atoms with van der Waals surface area (Å²) in [6.07, 6.45) is 24.8. The first-order valence-electron chi connectivity index (χ1n) is 12.6. The number of ether oxygens (including phenoxy) is 1. The average molecular weight is 425 g/mol. The maximum atomic E-state index is 11.6. The van der Waals surface area contributed by atoms with E-state index < -0.39 is 11.9 Å². The monoisotopic (exact) mass is 424 g/mol. The van der Waals surface area contributed by atoms with Crippen molar-refractivity contribution < 1.29 is 19.4 Å². The van der Waals surface area contributed by atoms with Crippen molar-refractivity contribution in [2.24, 2.45) is 5.92 Å².